The number of anilines is 1. The first kappa shape index (κ1) is 34.3. The van der Waals surface area contributed by atoms with Gasteiger partial charge < -0.3 is 20.6 Å². The molecule has 2 aromatic rings. The molecule has 0 aromatic carbocycles. The fourth-order valence-electron chi connectivity index (χ4n) is 4.43. The van der Waals surface area contributed by atoms with E-state index in [1.807, 2.05) is 24.1 Å². The third-order valence-corrected chi connectivity index (χ3v) is 8.10. The Morgan fingerprint density at radius 1 is 1.20 bits per heavy atom. The zero-order chi connectivity index (χ0) is 31.1. The van der Waals surface area contributed by atoms with Crippen LogP contribution in [0.5, 0.6) is 0 Å². The molecule has 230 valence electrons. The molecule has 2 aliphatic heterocycles. The van der Waals surface area contributed by atoms with Crippen molar-refractivity contribution in [3.63, 3.8) is 0 Å². The normalized spacial score (nSPS) is 18.7. The molecule has 1 unspecified atom stereocenters. The van der Waals surface area contributed by atoms with Crippen molar-refractivity contribution in [1.82, 2.24) is 20.2 Å². The van der Waals surface area contributed by atoms with Crippen molar-refractivity contribution in [2.75, 3.05) is 11.9 Å². The monoisotopic (exact) mass is 607 g/mol. The van der Waals surface area contributed by atoms with Crippen LogP contribution in [0.1, 0.15) is 87.8 Å². The molecule has 2 aliphatic rings. The number of hydrogen-bond acceptors (Lipinski definition) is 7. The highest BCUT2D eigenvalue weighted by atomic mass is 32.1. The first-order chi connectivity index (χ1) is 19.1. The first-order valence-electron chi connectivity index (χ1n) is 13.4. The molecular weight excluding hydrogens is 569 g/mol. The largest absolute Gasteiger partial charge is 0.405 e. The van der Waals surface area contributed by atoms with E-state index in [0.717, 1.165) is 30.0 Å². The van der Waals surface area contributed by atoms with Gasteiger partial charge >= 0.3 is 6.18 Å². The third kappa shape index (κ3) is 9.32. The van der Waals surface area contributed by atoms with E-state index in [2.05, 4.69) is 15.3 Å². The van der Waals surface area contributed by atoms with Crippen molar-refractivity contribution in [3.05, 3.63) is 28.5 Å². The number of carbonyl (C=O) groups is 2. The second-order valence-corrected chi connectivity index (χ2v) is 11.2. The van der Waals surface area contributed by atoms with Gasteiger partial charge in [-0.3, -0.25) is 9.59 Å². The molecule has 8 nitrogen and oxygen atoms in total. The number of halogens is 5. The molecule has 0 radical (unpaired) electrons. The lowest BCUT2D eigenvalue weighted by molar-refractivity contribution is -0.119. The van der Waals surface area contributed by atoms with Crippen LogP contribution in [-0.4, -0.2) is 68.7 Å². The summed E-state index contributed by atoms with van der Waals surface area (Å²) in [4.78, 5) is 32.9. The Morgan fingerprint density at radius 3 is 2.20 bits per heavy atom. The number of fused-ring (bicyclic) bond motifs is 2. The number of aliphatic hydroxyl groups is 1. The number of aryl methyl sites for hydroxylation is 1. The molecule has 14 heteroatoms. The minimum absolute atomic E-state index is 0.00177. The number of carbonyl (C=O) groups excluding carboxylic acids is 2. The molecule has 0 aliphatic carbocycles. The van der Waals surface area contributed by atoms with Gasteiger partial charge in [-0.15, -0.1) is 11.3 Å². The molecular formula is C27H38F5N5O3S. The zero-order valence-electron chi connectivity index (χ0n) is 24.0. The van der Waals surface area contributed by atoms with Gasteiger partial charge in [-0.25, -0.2) is 18.7 Å². The Kier molecular flexibility index (Phi) is 12.0. The van der Waals surface area contributed by atoms with Gasteiger partial charge in [0.1, 0.15) is 12.4 Å². The van der Waals surface area contributed by atoms with E-state index in [-0.39, 0.29) is 21.3 Å². The second-order valence-electron chi connectivity index (χ2n) is 10.2. The third-order valence-electron chi connectivity index (χ3n) is 6.91. The summed E-state index contributed by atoms with van der Waals surface area (Å²) in [5, 5.41) is 14.5. The molecule has 0 saturated carbocycles. The molecule has 1 atom stereocenters. The van der Waals surface area contributed by atoms with Gasteiger partial charge in [0.2, 0.25) is 6.41 Å². The van der Waals surface area contributed by atoms with Gasteiger partial charge in [-0.2, -0.15) is 13.2 Å². The Morgan fingerprint density at radius 2 is 1.76 bits per heavy atom. The Labute approximate surface area is 240 Å². The van der Waals surface area contributed by atoms with Gasteiger partial charge in [-0.1, -0.05) is 13.8 Å². The van der Waals surface area contributed by atoms with Gasteiger partial charge in [-0.05, 0) is 59.4 Å². The molecule has 2 bridgehead atoms. The van der Waals surface area contributed by atoms with Crippen LogP contribution in [0.2, 0.25) is 0 Å². The van der Waals surface area contributed by atoms with Gasteiger partial charge in [0.05, 0.1) is 22.2 Å². The number of thiazole rings is 1. The van der Waals surface area contributed by atoms with Crippen LogP contribution in [0, 0.1) is 6.92 Å². The molecule has 2 fully saturated rings. The van der Waals surface area contributed by atoms with Crippen LogP contribution < -0.4 is 10.6 Å². The van der Waals surface area contributed by atoms with E-state index in [1.54, 1.807) is 6.92 Å². The van der Waals surface area contributed by atoms with Crippen LogP contribution in [0.4, 0.5) is 27.8 Å². The van der Waals surface area contributed by atoms with Gasteiger partial charge in [0.25, 0.3) is 12.3 Å². The van der Waals surface area contributed by atoms with E-state index >= 15 is 0 Å². The lowest BCUT2D eigenvalue weighted by Crippen LogP contribution is -2.47. The quantitative estimate of drug-likeness (QED) is 0.247. The van der Waals surface area contributed by atoms with Gasteiger partial charge in [0.15, 0.2) is 5.01 Å². The van der Waals surface area contributed by atoms with Crippen LogP contribution in [-0.2, 0) is 4.79 Å². The predicted molar refractivity (Wildman–Crippen MR) is 148 cm³/mol. The maximum absolute atomic E-state index is 13.6. The predicted octanol–water partition coefficient (Wildman–Crippen LogP) is 6.11. The van der Waals surface area contributed by atoms with E-state index in [9.17, 15) is 36.6 Å². The van der Waals surface area contributed by atoms with Crippen molar-refractivity contribution in [2.45, 2.75) is 104 Å². The number of pyridine rings is 1. The Balaban J connectivity index is 0.000000442. The minimum atomic E-state index is -4.53. The van der Waals surface area contributed by atoms with Crippen molar-refractivity contribution >= 4 is 29.5 Å². The smallest absolute Gasteiger partial charge is 0.388 e. The van der Waals surface area contributed by atoms with Crippen molar-refractivity contribution in [2.24, 2.45) is 0 Å². The highest BCUT2D eigenvalue weighted by molar-refractivity contribution is 7.17. The second kappa shape index (κ2) is 14.3. The molecule has 2 aromatic heterocycles. The van der Waals surface area contributed by atoms with Crippen LogP contribution >= 0.6 is 11.3 Å². The van der Waals surface area contributed by atoms with Crippen molar-refractivity contribution < 1.29 is 36.6 Å². The van der Waals surface area contributed by atoms with E-state index in [0.29, 0.717) is 17.8 Å². The summed E-state index contributed by atoms with van der Waals surface area (Å²) in [6.07, 6.45) is -0.442. The maximum Gasteiger partial charge on any atom is 0.405 e. The lowest BCUT2D eigenvalue weighted by Gasteiger charge is -2.26. The summed E-state index contributed by atoms with van der Waals surface area (Å²) < 4.78 is 64.2. The lowest BCUT2D eigenvalue weighted by atomic mass is 10.0. The number of rotatable bonds is 8. The van der Waals surface area contributed by atoms with E-state index in [1.165, 1.54) is 46.5 Å². The molecule has 4 rings (SSSR count). The number of aromatic nitrogens is 2. The molecule has 3 N–H and O–H groups in total. The average molecular weight is 608 g/mol. The standard InChI is InChI=1S/C18H21F5N4O2S.C7H11NO.C2H6/c1-8-13(30-16(26-8)15(28)27-9(2)17(3,4)29)11-6-24-12(5-10(11)14(19)20)25-7-18(21,22)23;9-5-8-6-1-2-7(8)4-3-6;1-2/h5-6,9,14,29H,7H2,1-4H3,(H,24,25)(H,27,28);5-7H,1-4H2;1-2H3. The van der Waals surface area contributed by atoms with E-state index in [4.69, 9.17) is 0 Å². The minimum Gasteiger partial charge on any atom is -0.388 e. The SMILES string of the molecule is CC.Cc1nc(C(=O)NC(C)C(C)(C)O)sc1-c1cnc(NCC(F)(F)F)cc1C(F)F.O=CN1C2CCC1CC2. The Bertz CT molecular complexity index is 1150. The number of hydrogen-bond donors (Lipinski definition) is 3. The average Bonchev–Trinajstić information content (AvgIpc) is 3.61. The number of nitrogens with zero attached hydrogens (tertiary/aromatic N) is 3. The van der Waals surface area contributed by atoms with Crippen LogP contribution in [0.15, 0.2) is 12.3 Å². The zero-order valence-corrected chi connectivity index (χ0v) is 24.8. The van der Waals surface area contributed by atoms with Crippen LogP contribution in [0.25, 0.3) is 10.4 Å². The van der Waals surface area contributed by atoms with Crippen LogP contribution in [0.3, 0.4) is 0 Å². The maximum atomic E-state index is 13.6. The molecule has 0 spiro atoms. The summed E-state index contributed by atoms with van der Waals surface area (Å²) >= 11 is 0.850. The topological polar surface area (TPSA) is 107 Å². The van der Waals surface area contributed by atoms with E-state index < -0.39 is 42.3 Å². The number of amides is 2. The highest BCUT2D eigenvalue weighted by Crippen LogP contribution is 2.38. The fraction of sp³-hybridized carbons (Fsp3) is 0.630. The first-order valence-corrected chi connectivity index (χ1v) is 14.2. The number of alkyl halides is 5. The summed E-state index contributed by atoms with van der Waals surface area (Å²) in [5.41, 5.74) is -1.44. The molecule has 2 amide bonds. The highest BCUT2D eigenvalue weighted by Gasteiger charge is 2.38. The summed E-state index contributed by atoms with van der Waals surface area (Å²) in [6.45, 7) is 8.75. The summed E-state index contributed by atoms with van der Waals surface area (Å²) in [7, 11) is 0. The number of nitrogens with one attached hydrogen (secondary N) is 2. The van der Waals surface area contributed by atoms with Crippen molar-refractivity contribution in [1.29, 1.82) is 0 Å². The fourth-order valence-corrected chi connectivity index (χ4v) is 5.43. The molecule has 41 heavy (non-hydrogen) atoms. The van der Waals surface area contributed by atoms with Crippen molar-refractivity contribution in [3.8, 4) is 10.4 Å². The Hall–Kier alpha value is -2.87. The molecule has 4 heterocycles. The molecule has 2 saturated heterocycles. The summed E-state index contributed by atoms with van der Waals surface area (Å²) in [6, 6.07) is 1.48. The summed E-state index contributed by atoms with van der Waals surface area (Å²) in [5.74, 6) is -0.926. The van der Waals surface area contributed by atoms with Gasteiger partial charge in [0, 0.05) is 29.4 Å².